The molecule has 5 heterocycles. The molecule has 9 nitrogen and oxygen atoms in total. The average molecular weight is 514 g/mol. The van der Waals surface area contributed by atoms with Crippen LogP contribution in [0.1, 0.15) is 12.2 Å². The summed E-state index contributed by atoms with van der Waals surface area (Å²) in [4.78, 5) is 11.6. The second kappa shape index (κ2) is 7.39. The molecule has 3 N–H and O–H groups in total. The Kier molecular flexibility index (Phi) is 4.45. The Morgan fingerprint density at radius 2 is 2.09 bits per heavy atom. The monoisotopic (exact) mass is 513 g/mol. The fourth-order valence-corrected chi connectivity index (χ4v) is 6.55. The largest absolute Gasteiger partial charge is 0.355 e. The first kappa shape index (κ1) is 21.1. The van der Waals surface area contributed by atoms with Crippen molar-refractivity contribution in [3.05, 3.63) is 46.7 Å². The summed E-state index contributed by atoms with van der Waals surface area (Å²) in [5, 5.41) is 13.9. The lowest BCUT2D eigenvalue weighted by molar-refractivity contribution is 0.0574. The van der Waals surface area contributed by atoms with Crippen molar-refractivity contribution in [1.29, 1.82) is 0 Å². The van der Waals surface area contributed by atoms with Gasteiger partial charge in [0.2, 0.25) is 0 Å². The number of halogens is 3. The molecular formula is C22H18ClF2N9S. The molecule has 1 aliphatic heterocycles. The highest BCUT2D eigenvalue weighted by molar-refractivity contribution is 7.03. The Morgan fingerprint density at radius 1 is 1.26 bits per heavy atom. The van der Waals surface area contributed by atoms with Gasteiger partial charge in [0, 0.05) is 47.6 Å². The number of anilines is 1. The third-order valence-corrected chi connectivity index (χ3v) is 8.43. The van der Waals surface area contributed by atoms with Gasteiger partial charge in [-0.1, -0.05) is 11.6 Å². The van der Waals surface area contributed by atoms with E-state index in [0.717, 1.165) is 24.6 Å². The van der Waals surface area contributed by atoms with Gasteiger partial charge in [-0.25, -0.2) is 14.6 Å². The summed E-state index contributed by atoms with van der Waals surface area (Å²) in [7, 11) is 0. The molecule has 1 saturated heterocycles. The van der Waals surface area contributed by atoms with Gasteiger partial charge < -0.3 is 10.6 Å². The third kappa shape index (κ3) is 2.90. The van der Waals surface area contributed by atoms with Gasteiger partial charge in [0.1, 0.15) is 17.0 Å². The van der Waals surface area contributed by atoms with E-state index < -0.39 is 6.55 Å². The topological polar surface area (TPSA) is 114 Å². The molecule has 1 aromatic carbocycles. The van der Waals surface area contributed by atoms with E-state index in [1.807, 2.05) is 5.38 Å². The van der Waals surface area contributed by atoms with E-state index in [9.17, 15) is 8.78 Å². The number of nitrogens with zero attached hydrogens (tertiary/aromatic N) is 7. The van der Waals surface area contributed by atoms with Crippen LogP contribution in [0, 0.1) is 11.8 Å². The fourth-order valence-electron chi connectivity index (χ4n) is 5.66. The highest BCUT2D eigenvalue weighted by Crippen LogP contribution is 2.63. The van der Waals surface area contributed by atoms with Crippen molar-refractivity contribution in [3.8, 4) is 11.3 Å². The predicted molar refractivity (Wildman–Crippen MR) is 129 cm³/mol. The van der Waals surface area contributed by atoms with E-state index in [1.165, 1.54) is 17.7 Å². The lowest BCUT2D eigenvalue weighted by Gasteiger charge is -2.25. The van der Waals surface area contributed by atoms with Crippen LogP contribution >= 0.6 is 23.1 Å². The Morgan fingerprint density at radius 3 is 2.80 bits per heavy atom. The molecule has 1 saturated carbocycles. The summed E-state index contributed by atoms with van der Waals surface area (Å²) >= 11 is 8.03. The molecule has 178 valence electrons. The summed E-state index contributed by atoms with van der Waals surface area (Å²) in [5.74, 6) is 1.66. The van der Waals surface area contributed by atoms with Crippen LogP contribution in [-0.2, 0) is 5.41 Å². The van der Waals surface area contributed by atoms with Crippen LogP contribution in [0.15, 0.2) is 36.0 Å². The van der Waals surface area contributed by atoms with Crippen LogP contribution in [0.4, 0.5) is 14.6 Å². The van der Waals surface area contributed by atoms with E-state index in [2.05, 4.69) is 35.6 Å². The number of aromatic amines is 1. The average Bonchev–Trinajstić information content (AvgIpc) is 3.52. The highest BCUT2D eigenvalue weighted by Gasteiger charge is 2.69. The predicted octanol–water partition coefficient (Wildman–Crippen LogP) is 3.84. The maximum Gasteiger partial charge on any atom is 0.333 e. The number of nitrogens with one attached hydrogen (secondary N) is 1. The Hall–Kier alpha value is -3.22. The van der Waals surface area contributed by atoms with Gasteiger partial charge in [-0.05, 0) is 41.6 Å². The van der Waals surface area contributed by atoms with Gasteiger partial charge in [-0.3, -0.25) is 5.10 Å². The molecule has 0 spiro atoms. The lowest BCUT2D eigenvalue weighted by atomic mass is 9.95. The number of rotatable bonds is 5. The number of benzene rings is 1. The van der Waals surface area contributed by atoms with Gasteiger partial charge in [-0.2, -0.15) is 23.4 Å². The van der Waals surface area contributed by atoms with Gasteiger partial charge in [0.15, 0.2) is 5.65 Å². The molecule has 35 heavy (non-hydrogen) atoms. The molecule has 13 heteroatoms. The molecule has 1 aliphatic carbocycles. The number of nitrogens with two attached hydrogens (primary N) is 1. The summed E-state index contributed by atoms with van der Waals surface area (Å²) in [5.41, 5.74) is 9.80. The molecule has 2 fully saturated rings. The summed E-state index contributed by atoms with van der Waals surface area (Å²) < 4.78 is 31.3. The van der Waals surface area contributed by atoms with Crippen molar-refractivity contribution in [2.45, 2.75) is 12.0 Å². The number of alkyl halides is 2. The molecule has 4 aromatic heterocycles. The van der Waals surface area contributed by atoms with Crippen molar-refractivity contribution < 1.29 is 8.78 Å². The molecule has 0 unspecified atom stereocenters. The van der Waals surface area contributed by atoms with Crippen LogP contribution in [0.25, 0.3) is 33.3 Å². The number of fused-ring (bicyclic) bond motifs is 3. The van der Waals surface area contributed by atoms with Crippen LogP contribution in [-0.4, -0.2) is 54.0 Å². The van der Waals surface area contributed by atoms with E-state index in [-0.39, 0.29) is 10.4 Å². The van der Waals surface area contributed by atoms with E-state index in [1.54, 1.807) is 18.3 Å². The van der Waals surface area contributed by atoms with E-state index >= 15 is 0 Å². The number of H-pyrrole nitrogens is 1. The second-order valence-electron chi connectivity index (χ2n) is 8.99. The molecule has 5 aromatic rings. The Balaban J connectivity index is 1.19. The first-order valence-electron chi connectivity index (χ1n) is 11.0. The minimum atomic E-state index is -2.74. The Labute approximate surface area is 206 Å². The first-order valence-corrected chi connectivity index (χ1v) is 12.3. The van der Waals surface area contributed by atoms with Gasteiger partial charge >= 0.3 is 6.55 Å². The smallest absolute Gasteiger partial charge is 0.333 e. The quantitative estimate of drug-likeness (QED) is 0.367. The van der Waals surface area contributed by atoms with Gasteiger partial charge in [0.25, 0.3) is 0 Å². The van der Waals surface area contributed by atoms with Crippen molar-refractivity contribution in [1.82, 2.24) is 34.3 Å². The fraction of sp³-hybridized carbons (Fsp3) is 0.318. The van der Waals surface area contributed by atoms with Crippen molar-refractivity contribution in [3.63, 3.8) is 0 Å². The molecule has 2 aliphatic rings. The molecular weight excluding hydrogens is 496 g/mol. The van der Waals surface area contributed by atoms with Crippen molar-refractivity contribution >= 4 is 51.0 Å². The zero-order valence-corrected chi connectivity index (χ0v) is 19.6. The van der Waals surface area contributed by atoms with Crippen LogP contribution in [0.5, 0.6) is 0 Å². The zero-order valence-electron chi connectivity index (χ0n) is 18.1. The second-order valence-corrected chi connectivity index (χ2v) is 10.0. The van der Waals surface area contributed by atoms with Crippen molar-refractivity contribution in [2.24, 2.45) is 17.6 Å². The summed E-state index contributed by atoms with van der Waals surface area (Å²) in [6.45, 7) is -0.463. The molecule has 0 radical (unpaired) electrons. The molecule has 0 bridgehead atoms. The minimum Gasteiger partial charge on any atom is -0.355 e. The summed E-state index contributed by atoms with van der Waals surface area (Å²) in [6, 6.07) is 5.43. The SMILES string of the molecule is NC[C@@]1(c2ccsn2)[C@@H]2CN(c3cnc4c(-c5ccc6nn(C(F)F)cc6c5Cl)n[nH]c4n3)C[C@@H]21. The first-order chi connectivity index (χ1) is 17.0. The van der Waals surface area contributed by atoms with Crippen LogP contribution < -0.4 is 10.6 Å². The highest BCUT2D eigenvalue weighted by atomic mass is 35.5. The minimum absolute atomic E-state index is 0.0251. The van der Waals surface area contributed by atoms with Crippen molar-refractivity contribution in [2.75, 3.05) is 24.5 Å². The van der Waals surface area contributed by atoms with Crippen LogP contribution in [0.2, 0.25) is 5.02 Å². The summed E-state index contributed by atoms with van der Waals surface area (Å²) in [6.07, 6.45) is 2.97. The zero-order chi connectivity index (χ0) is 23.9. The maximum atomic E-state index is 13.1. The van der Waals surface area contributed by atoms with Crippen LogP contribution in [0.3, 0.4) is 0 Å². The number of piperidine rings is 1. The number of hydrogen-bond acceptors (Lipinski definition) is 8. The Bertz CT molecular complexity index is 1570. The number of aromatic nitrogens is 7. The normalized spacial score (nSPS) is 23.6. The standard InChI is InChI=1S/C22H18ClF2N9S/c23-17-10(1-2-14-11(17)6-34(31-14)21(24)25)18-19-20(30-29-18)28-16(5-27-19)33-7-12-13(8-33)22(12,9-26)15-3-4-35-32-15/h1-6,12-13,21H,7-9,26H2,(H,28,29,30)/t12-,13+,22-. The number of hydrogen-bond donors (Lipinski definition) is 2. The molecule has 0 amide bonds. The maximum absolute atomic E-state index is 13.1. The molecule has 3 atom stereocenters. The third-order valence-electron chi connectivity index (χ3n) is 7.46. The van der Waals surface area contributed by atoms with E-state index in [0.29, 0.717) is 56.4 Å². The van der Waals surface area contributed by atoms with E-state index in [4.69, 9.17) is 22.3 Å². The molecule has 7 rings (SSSR count). The lowest BCUT2D eigenvalue weighted by Crippen LogP contribution is -2.35. The van der Waals surface area contributed by atoms with Gasteiger partial charge in [0.05, 0.1) is 22.4 Å². The van der Waals surface area contributed by atoms with Gasteiger partial charge in [-0.15, -0.1) is 0 Å².